The van der Waals surface area contributed by atoms with Crippen LogP contribution in [0.25, 0.3) is 10.9 Å². The Morgan fingerprint density at radius 2 is 2.05 bits per heavy atom. The zero-order valence-corrected chi connectivity index (χ0v) is 11.4. The summed E-state index contributed by atoms with van der Waals surface area (Å²) in [5, 5.41) is 6.45. The van der Waals surface area contributed by atoms with Gasteiger partial charge < -0.3 is 0 Å². The van der Waals surface area contributed by atoms with Gasteiger partial charge in [-0.05, 0) is 13.0 Å². The van der Waals surface area contributed by atoms with E-state index in [2.05, 4.69) is 10.4 Å². The molecule has 1 aromatic heterocycles. The summed E-state index contributed by atoms with van der Waals surface area (Å²) in [6.45, 7) is 1.46. The maximum atomic E-state index is 14.2. The maximum Gasteiger partial charge on any atom is 0.329 e. The molecule has 1 aliphatic heterocycles. The second-order valence-corrected chi connectivity index (χ2v) is 4.90. The monoisotopic (exact) mass is 294 g/mol. The molecule has 1 aromatic carbocycles. The first-order valence-electron chi connectivity index (χ1n) is 6.32. The van der Waals surface area contributed by atoms with Gasteiger partial charge in [-0.1, -0.05) is 0 Å². The van der Waals surface area contributed by atoms with Crippen LogP contribution in [-0.2, 0) is 11.8 Å². The third-order valence-corrected chi connectivity index (χ3v) is 3.54. The third-order valence-electron chi connectivity index (χ3n) is 3.54. The van der Waals surface area contributed by atoms with Gasteiger partial charge in [0.2, 0.25) is 5.91 Å². The van der Waals surface area contributed by atoms with Crippen molar-refractivity contribution in [2.24, 2.45) is 7.05 Å². The van der Waals surface area contributed by atoms with E-state index in [-0.39, 0.29) is 41.2 Å². The number of urea groups is 1. The minimum atomic E-state index is -0.709. The lowest BCUT2D eigenvalue weighted by Crippen LogP contribution is -2.49. The molecule has 8 heteroatoms. The van der Waals surface area contributed by atoms with Crippen LogP contribution >= 0.6 is 0 Å². The van der Waals surface area contributed by atoms with E-state index in [0.29, 0.717) is 0 Å². The van der Waals surface area contributed by atoms with E-state index in [0.717, 1.165) is 6.07 Å². The van der Waals surface area contributed by atoms with E-state index < -0.39 is 17.7 Å². The number of imide groups is 1. The van der Waals surface area contributed by atoms with Crippen molar-refractivity contribution >= 4 is 28.7 Å². The standard InChI is InChI=1S/C13H12F2N4O2/c1-6-8(14)5-7-11(10(6)15)18(2)17-12(7)19-4-3-9(20)16-13(19)21/h5H,3-4H2,1-2H3,(H,16,20,21). The Kier molecular flexibility index (Phi) is 2.89. The highest BCUT2D eigenvalue weighted by molar-refractivity contribution is 6.08. The van der Waals surface area contributed by atoms with Gasteiger partial charge in [0.1, 0.15) is 11.3 Å². The molecule has 3 amide bonds. The van der Waals surface area contributed by atoms with Gasteiger partial charge in [-0.3, -0.25) is 19.7 Å². The van der Waals surface area contributed by atoms with Gasteiger partial charge in [0.15, 0.2) is 11.6 Å². The van der Waals surface area contributed by atoms with Gasteiger partial charge in [-0.2, -0.15) is 5.10 Å². The molecule has 2 aromatic rings. The van der Waals surface area contributed by atoms with Crippen LogP contribution in [0.2, 0.25) is 0 Å². The number of amides is 3. The van der Waals surface area contributed by atoms with E-state index in [4.69, 9.17) is 0 Å². The molecule has 0 radical (unpaired) electrons. The molecule has 0 bridgehead atoms. The Labute approximate surface area is 118 Å². The minimum absolute atomic E-state index is 0.102. The van der Waals surface area contributed by atoms with Crippen molar-refractivity contribution in [2.75, 3.05) is 11.4 Å². The van der Waals surface area contributed by atoms with E-state index in [9.17, 15) is 18.4 Å². The molecule has 1 aliphatic rings. The fraction of sp³-hybridized carbons (Fsp3) is 0.308. The maximum absolute atomic E-state index is 14.2. The number of halogens is 2. The summed E-state index contributed by atoms with van der Waals surface area (Å²) in [4.78, 5) is 24.2. The lowest BCUT2D eigenvalue weighted by atomic mass is 10.1. The van der Waals surface area contributed by atoms with E-state index in [1.807, 2.05) is 0 Å². The molecule has 6 nitrogen and oxygen atoms in total. The van der Waals surface area contributed by atoms with Crippen LogP contribution in [0, 0.1) is 18.6 Å². The first kappa shape index (κ1) is 13.5. The molecule has 0 unspecified atom stereocenters. The van der Waals surface area contributed by atoms with Crippen LogP contribution in [0.3, 0.4) is 0 Å². The van der Waals surface area contributed by atoms with Gasteiger partial charge in [0.05, 0.1) is 5.39 Å². The minimum Gasteiger partial charge on any atom is -0.278 e. The molecule has 0 spiro atoms. The number of benzene rings is 1. The SMILES string of the molecule is Cc1c(F)cc2c(N3CCC(=O)NC3=O)nn(C)c2c1F. The molecule has 0 aliphatic carbocycles. The fourth-order valence-electron chi connectivity index (χ4n) is 2.40. The fourth-order valence-corrected chi connectivity index (χ4v) is 2.40. The molecule has 1 saturated heterocycles. The number of hydrogen-bond donors (Lipinski definition) is 1. The number of aromatic nitrogens is 2. The molecule has 3 rings (SSSR count). The van der Waals surface area contributed by atoms with Crippen LogP contribution in [0.5, 0.6) is 0 Å². The number of carbonyl (C=O) groups excluding carboxylic acids is 2. The molecule has 1 fully saturated rings. The van der Waals surface area contributed by atoms with Gasteiger partial charge >= 0.3 is 6.03 Å². The number of hydrogen-bond acceptors (Lipinski definition) is 3. The second-order valence-electron chi connectivity index (χ2n) is 4.90. The Balaban J connectivity index is 2.20. The highest BCUT2D eigenvalue weighted by Gasteiger charge is 2.29. The highest BCUT2D eigenvalue weighted by Crippen LogP contribution is 2.31. The van der Waals surface area contributed by atoms with Crippen LogP contribution in [-0.4, -0.2) is 28.3 Å². The third kappa shape index (κ3) is 1.94. The largest absolute Gasteiger partial charge is 0.329 e. The number of nitrogens with zero attached hydrogens (tertiary/aromatic N) is 3. The van der Waals surface area contributed by atoms with Crippen LogP contribution in [0.15, 0.2) is 6.07 Å². The predicted octanol–water partition coefficient (Wildman–Crippen LogP) is 1.61. The Morgan fingerprint density at radius 3 is 2.71 bits per heavy atom. The first-order valence-corrected chi connectivity index (χ1v) is 6.32. The Bertz CT molecular complexity index is 784. The van der Waals surface area contributed by atoms with Crippen LogP contribution < -0.4 is 10.2 Å². The van der Waals surface area contributed by atoms with Crippen molar-refractivity contribution in [1.29, 1.82) is 0 Å². The summed E-state index contributed by atoms with van der Waals surface area (Å²) >= 11 is 0. The van der Waals surface area contributed by atoms with Gasteiger partial charge in [0.25, 0.3) is 0 Å². The molecular weight excluding hydrogens is 282 g/mol. The van der Waals surface area contributed by atoms with Crippen LogP contribution in [0.4, 0.5) is 19.4 Å². The van der Waals surface area contributed by atoms with Crippen molar-refractivity contribution in [3.05, 3.63) is 23.3 Å². The highest BCUT2D eigenvalue weighted by atomic mass is 19.1. The normalized spacial score (nSPS) is 15.7. The van der Waals surface area contributed by atoms with Gasteiger partial charge in [-0.15, -0.1) is 0 Å². The first-order chi connectivity index (χ1) is 9.90. The quantitative estimate of drug-likeness (QED) is 0.869. The van der Waals surface area contributed by atoms with Crippen LogP contribution in [0.1, 0.15) is 12.0 Å². The van der Waals surface area contributed by atoms with Crippen molar-refractivity contribution in [2.45, 2.75) is 13.3 Å². The van der Waals surface area contributed by atoms with E-state index >= 15 is 0 Å². The number of aryl methyl sites for hydroxylation is 1. The zero-order chi connectivity index (χ0) is 15.3. The van der Waals surface area contributed by atoms with Crippen molar-refractivity contribution in [1.82, 2.24) is 15.1 Å². The zero-order valence-electron chi connectivity index (χ0n) is 11.4. The van der Waals surface area contributed by atoms with E-state index in [1.54, 1.807) is 0 Å². The summed E-state index contributed by atoms with van der Waals surface area (Å²) in [6, 6.07) is 0.507. The van der Waals surface area contributed by atoms with Crippen molar-refractivity contribution in [3.8, 4) is 0 Å². The summed E-state index contributed by atoms with van der Waals surface area (Å²) in [5.41, 5.74) is 0.0175. The predicted molar refractivity (Wildman–Crippen MR) is 70.9 cm³/mol. The lowest BCUT2D eigenvalue weighted by molar-refractivity contribution is -0.120. The van der Waals surface area contributed by atoms with Gasteiger partial charge in [0, 0.05) is 25.6 Å². The molecule has 0 saturated carbocycles. The lowest BCUT2D eigenvalue weighted by Gasteiger charge is -2.24. The molecule has 110 valence electrons. The topological polar surface area (TPSA) is 67.2 Å². The Hall–Kier alpha value is -2.51. The van der Waals surface area contributed by atoms with Crippen molar-refractivity contribution < 1.29 is 18.4 Å². The molecule has 1 N–H and O–H groups in total. The molecule has 2 heterocycles. The molecule has 0 atom stereocenters. The van der Waals surface area contributed by atoms with E-state index in [1.165, 1.54) is 23.6 Å². The van der Waals surface area contributed by atoms with Gasteiger partial charge in [-0.25, -0.2) is 13.6 Å². The summed E-state index contributed by atoms with van der Waals surface area (Å²) in [5.74, 6) is -1.66. The average Bonchev–Trinajstić information content (AvgIpc) is 2.73. The summed E-state index contributed by atoms with van der Waals surface area (Å²) < 4.78 is 29.2. The second kappa shape index (κ2) is 4.51. The number of rotatable bonds is 1. The summed E-state index contributed by atoms with van der Waals surface area (Å²) in [7, 11) is 1.51. The number of fused-ring (bicyclic) bond motifs is 1. The average molecular weight is 294 g/mol. The number of nitrogens with one attached hydrogen (secondary N) is 1. The smallest absolute Gasteiger partial charge is 0.278 e. The molecule has 21 heavy (non-hydrogen) atoms. The Morgan fingerprint density at radius 1 is 1.33 bits per heavy atom. The molecular formula is C13H12F2N4O2. The number of anilines is 1. The summed E-state index contributed by atoms with van der Waals surface area (Å²) in [6.07, 6.45) is 0.112. The number of carbonyl (C=O) groups is 2. The van der Waals surface area contributed by atoms with Crippen molar-refractivity contribution in [3.63, 3.8) is 0 Å².